The topological polar surface area (TPSA) is 49.8 Å². The van der Waals surface area contributed by atoms with Crippen LogP contribution in [0.2, 0.25) is 0 Å². The van der Waals surface area contributed by atoms with Gasteiger partial charge in [-0.1, -0.05) is 6.92 Å². The van der Waals surface area contributed by atoms with E-state index in [9.17, 15) is 18.0 Å². The smallest absolute Gasteiger partial charge is 0.411 e. The Balaban J connectivity index is 2.19. The number of aliphatic carboxylic acids is 1. The van der Waals surface area contributed by atoms with Crippen molar-refractivity contribution in [2.24, 2.45) is 11.8 Å². The molecule has 0 spiro atoms. The minimum Gasteiger partial charge on any atom is -0.481 e. The summed E-state index contributed by atoms with van der Waals surface area (Å²) in [5.41, 5.74) is 0. The monoisotopic (exact) mass is 311 g/mol. The highest BCUT2D eigenvalue weighted by Gasteiger charge is 2.28. The molecule has 1 rings (SSSR count). The van der Waals surface area contributed by atoms with Crippen LogP contribution in [0.15, 0.2) is 0 Å². The standard InChI is InChI=1S/C14H24F3NO3/c1-11(8-13(19)20)12-4-2-5-18(9-12)6-3-7-21-10-14(15,16)17/h11-12H,2-10H2,1H3,(H,19,20). The molecule has 0 saturated carbocycles. The van der Waals surface area contributed by atoms with Gasteiger partial charge >= 0.3 is 12.1 Å². The Kier molecular flexibility index (Phi) is 7.45. The number of halogens is 3. The van der Waals surface area contributed by atoms with Crippen LogP contribution < -0.4 is 0 Å². The van der Waals surface area contributed by atoms with Gasteiger partial charge in [-0.15, -0.1) is 0 Å². The van der Waals surface area contributed by atoms with Crippen LogP contribution in [0.25, 0.3) is 0 Å². The maximum absolute atomic E-state index is 11.9. The zero-order chi connectivity index (χ0) is 15.9. The van der Waals surface area contributed by atoms with Crippen molar-refractivity contribution in [3.63, 3.8) is 0 Å². The molecule has 21 heavy (non-hydrogen) atoms. The number of carbonyl (C=O) groups is 1. The molecule has 2 atom stereocenters. The summed E-state index contributed by atoms with van der Waals surface area (Å²) in [7, 11) is 0. The third-order valence-corrected chi connectivity index (χ3v) is 3.87. The third-order valence-electron chi connectivity index (χ3n) is 3.87. The molecule has 1 heterocycles. The number of ether oxygens (including phenoxy) is 1. The molecule has 0 aromatic carbocycles. The first-order valence-electron chi connectivity index (χ1n) is 7.36. The quantitative estimate of drug-likeness (QED) is 0.700. The zero-order valence-electron chi connectivity index (χ0n) is 12.4. The van der Waals surface area contributed by atoms with Crippen molar-refractivity contribution in [2.45, 2.75) is 38.8 Å². The van der Waals surface area contributed by atoms with Crippen LogP contribution in [0.1, 0.15) is 32.6 Å². The van der Waals surface area contributed by atoms with Gasteiger partial charge in [0.25, 0.3) is 0 Å². The van der Waals surface area contributed by atoms with E-state index in [4.69, 9.17) is 5.11 Å². The van der Waals surface area contributed by atoms with Crippen molar-refractivity contribution in [3.8, 4) is 0 Å². The fraction of sp³-hybridized carbons (Fsp3) is 0.929. The van der Waals surface area contributed by atoms with Gasteiger partial charge in [0.1, 0.15) is 6.61 Å². The predicted octanol–water partition coefficient (Wildman–Crippen LogP) is 2.78. The zero-order valence-corrected chi connectivity index (χ0v) is 12.4. The van der Waals surface area contributed by atoms with Crippen LogP contribution in [0.3, 0.4) is 0 Å². The van der Waals surface area contributed by atoms with Crippen LogP contribution in [0, 0.1) is 11.8 Å². The Hall–Kier alpha value is -0.820. The van der Waals surface area contributed by atoms with Crippen molar-refractivity contribution < 1.29 is 27.8 Å². The number of carboxylic acid groups (broad SMARTS) is 1. The van der Waals surface area contributed by atoms with Gasteiger partial charge in [-0.05, 0) is 37.6 Å². The van der Waals surface area contributed by atoms with Crippen molar-refractivity contribution in [3.05, 3.63) is 0 Å². The van der Waals surface area contributed by atoms with Gasteiger partial charge in [0, 0.05) is 26.1 Å². The lowest BCUT2D eigenvalue weighted by Gasteiger charge is -2.35. The van der Waals surface area contributed by atoms with E-state index in [-0.39, 0.29) is 18.9 Å². The van der Waals surface area contributed by atoms with E-state index < -0.39 is 18.8 Å². The van der Waals surface area contributed by atoms with E-state index in [1.807, 2.05) is 6.92 Å². The first-order chi connectivity index (χ1) is 9.78. The van der Waals surface area contributed by atoms with Gasteiger partial charge in [0.05, 0.1) is 0 Å². The van der Waals surface area contributed by atoms with Crippen molar-refractivity contribution in [1.29, 1.82) is 0 Å². The average Bonchev–Trinajstić information content (AvgIpc) is 2.36. The SMILES string of the molecule is CC(CC(=O)O)C1CCCN(CCCOCC(F)(F)F)C1. The second-order valence-electron chi connectivity index (χ2n) is 5.80. The molecular formula is C14H24F3NO3. The van der Waals surface area contributed by atoms with Gasteiger partial charge < -0.3 is 14.7 Å². The second-order valence-corrected chi connectivity index (χ2v) is 5.80. The number of hydrogen-bond acceptors (Lipinski definition) is 3. The highest BCUT2D eigenvalue weighted by atomic mass is 19.4. The van der Waals surface area contributed by atoms with Crippen molar-refractivity contribution in [1.82, 2.24) is 4.90 Å². The summed E-state index contributed by atoms with van der Waals surface area (Å²) in [6, 6.07) is 0. The van der Waals surface area contributed by atoms with E-state index >= 15 is 0 Å². The molecule has 1 aliphatic rings. The average molecular weight is 311 g/mol. The lowest BCUT2D eigenvalue weighted by molar-refractivity contribution is -0.174. The molecule has 0 aliphatic carbocycles. The van der Waals surface area contributed by atoms with E-state index in [1.54, 1.807) is 0 Å². The first kappa shape index (κ1) is 18.2. The number of rotatable bonds is 8. The molecule has 1 N–H and O–H groups in total. The van der Waals surface area contributed by atoms with Crippen LogP contribution in [0.4, 0.5) is 13.2 Å². The predicted molar refractivity (Wildman–Crippen MR) is 72.1 cm³/mol. The molecule has 0 bridgehead atoms. The molecule has 1 fully saturated rings. The molecule has 1 aliphatic heterocycles. The lowest BCUT2D eigenvalue weighted by atomic mass is 9.84. The van der Waals surface area contributed by atoms with E-state index in [0.717, 1.165) is 25.9 Å². The first-order valence-corrected chi connectivity index (χ1v) is 7.36. The Morgan fingerprint density at radius 2 is 2.19 bits per heavy atom. The highest BCUT2D eigenvalue weighted by molar-refractivity contribution is 5.66. The molecule has 4 nitrogen and oxygen atoms in total. The minimum atomic E-state index is -4.26. The number of likely N-dealkylation sites (tertiary alicyclic amines) is 1. The summed E-state index contributed by atoms with van der Waals surface area (Å²) in [5, 5.41) is 8.82. The maximum Gasteiger partial charge on any atom is 0.411 e. The molecule has 7 heteroatoms. The molecule has 0 aromatic rings. The molecule has 0 radical (unpaired) electrons. The van der Waals surface area contributed by atoms with Gasteiger partial charge in [0.15, 0.2) is 0 Å². The Labute approximate surface area is 123 Å². The van der Waals surface area contributed by atoms with Crippen LogP contribution in [0.5, 0.6) is 0 Å². The van der Waals surface area contributed by atoms with Crippen LogP contribution >= 0.6 is 0 Å². The number of hydrogen-bond donors (Lipinski definition) is 1. The van der Waals surface area contributed by atoms with Crippen LogP contribution in [-0.4, -0.2) is 55.0 Å². The second kappa shape index (κ2) is 8.58. The Bertz CT molecular complexity index is 323. The Morgan fingerprint density at radius 3 is 2.81 bits per heavy atom. The molecule has 1 saturated heterocycles. The number of alkyl halides is 3. The van der Waals surface area contributed by atoms with E-state index in [1.165, 1.54) is 0 Å². The minimum absolute atomic E-state index is 0.103. The molecular weight excluding hydrogens is 287 g/mol. The van der Waals surface area contributed by atoms with Gasteiger partial charge in [-0.2, -0.15) is 13.2 Å². The third kappa shape index (κ3) is 8.26. The maximum atomic E-state index is 11.9. The van der Waals surface area contributed by atoms with Gasteiger partial charge in [-0.3, -0.25) is 4.79 Å². The highest BCUT2D eigenvalue weighted by Crippen LogP contribution is 2.26. The number of carboxylic acids is 1. The largest absolute Gasteiger partial charge is 0.481 e. The summed E-state index contributed by atoms with van der Waals surface area (Å²) in [5.74, 6) is -0.294. The van der Waals surface area contributed by atoms with E-state index in [0.29, 0.717) is 18.9 Å². The lowest BCUT2D eigenvalue weighted by Crippen LogP contribution is -2.39. The fourth-order valence-corrected chi connectivity index (χ4v) is 2.78. The molecule has 124 valence electrons. The molecule has 0 amide bonds. The van der Waals surface area contributed by atoms with E-state index in [2.05, 4.69) is 9.64 Å². The fourth-order valence-electron chi connectivity index (χ4n) is 2.78. The summed E-state index contributed by atoms with van der Waals surface area (Å²) < 4.78 is 40.3. The summed E-state index contributed by atoms with van der Waals surface area (Å²) >= 11 is 0. The molecule has 0 aromatic heterocycles. The van der Waals surface area contributed by atoms with Crippen LogP contribution in [-0.2, 0) is 9.53 Å². The summed E-state index contributed by atoms with van der Waals surface area (Å²) in [6.45, 7) is 3.32. The number of nitrogens with zero attached hydrogens (tertiary/aromatic N) is 1. The van der Waals surface area contributed by atoms with Crippen molar-refractivity contribution in [2.75, 3.05) is 32.8 Å². The molecule has 2 unspecified atom stereocenters. The summed E-state index contributed by atoms with van der Waals surface area (Å²) in [4.78, 5) is 12.9. The number of piperidine rings is 1. The summed E-state index contributed by atoms with van der Waals surface area (Å²) in [6.07, 6.45) is -1.49. The normalized spacial score (nSPS) is 22.2. The van der Waals surface area contributed by atoms with Gasteiger partial charge in [0.2, 0.25) is 0 Å². The Morgan fingerprint density at radius 1 is 1.48 bits per heavy atom. The van der Waals surface area contributed by atoms with Gasteiger partial charge in [-0.25, -0.2) is 0 Å². The van der Waals surface area contributed by atoms with Crippen molar-refractivity contribution >= 4 is 5.97 Å².